The van der Waals surface area contributed by atoms with E-state index in [4.69, 9.17) is 15.9 Å². The number of cyclic esters (lactones) is 2. The number of terminal acetylenes is 1. The van der Waals surface area contributed by atoms with Gasteiger partial charge in [0.25, 0.3) is 5.91 Å². The van der Waals surface area contributed by atoms with Gasteiger partial charge >= 0.3 is 11.9 Å². The van der Waals surface area contributed by atoms with E-state index in [-0.39, 0.29) is 24.3 Å². The molecule has 282 valence electrons. The van der Waals surface area contributed by atoms with Crippen LogP contribution in [0.25, 0.3) is 0 Å². The van der Waals surface area contributed by atoms with Crippen molar-refractivity contribution in [2.24, 2.45) is 29.6 Å². The summed E-state index contributed by atoms with van der Waals surface area (Å²) in [4.78, 5) is 88.5. The van der Waals surface area contributed by atoms with Crippen molar-refractivity contribution < 1.29 is 38.2 Å². The van der Waals surface area contributed by atoms with Crippen LogP contribution in [0.5, 0.6) is 0 Å². The molecule has 0 aromatic rings. The summed E-state index contributed by atoms with van der Waals surface area (Å²) in [5, 5.41) is 2.87. The summed E-state index contributed by atoms with van der Waals surface area (Å²) in [5.41, 5.74) is 0. The second-order valence-electron chi connectivity index (χ2n) is 14.9. The first-order chi connectivity index (χ1) is 23.4. The van der Waals surface area contributed by atoms with Crippen molar-refractivity contribution in [1.82, 2.24) is 20.0 Å². The largest absolute Gasteiger partial charge is 0.460 e. The van der Waals surface area contributed by atoms with E-state index in [9.17, 15) is 28.8 Å². The number of hydrogen-bond acceptors (Lipinski definition) is 8. The minimum absolute atomic E-state index is 0.286. The molecular weight excluding hydrogens is 640 g/mol. The van der Waals surface area contributed by atoms with Crippen molar-refractivity contribution in [1.29, 1.82) is 0 Å². The highest BCUT2D eigenvalue weighted by molar-refractivity contribution is 5.95. The van der Waals surface area contributed by atoms with Crippen LogP contribution in [0.3, 0.4) is 0 Å². The molecule has 50 heavy (non-hydrogen) atoms. The third kappa shape index (κ3) is 10.0. The van der Waals surface area contributed by atoms with E-state index >= 15 is 0 Å². The molecule has 12 nitrogen and oxygen atoms in total. The predicted molar refractivity (Wildman–Crippen MR) is 190 cm³/mol. The average molecular weight is 703 g/mol. The monoisotopic (exact) mass is 702 g/mol. The van der Waals surface area contributed by atoms with E-state index in [0.29, 0.717) is 44.9 Å². The van der Waals surface area contributed by atoms with Crippen LogP contribution in [-0.2, 0) is 38.2 Å². The Morgan fingerprint density at radius 1 is 0.820 bits per heavy atom. The Balaban J connectivity index is 2.76. The van der Waals surface area contributed by atoms with Gasteiger partial charge in [0.15, 0.2) is 6.10 Å². The summed E-state index contributed by atoms with van der Waals surface area (Å²) in [6, 6.07) is -3.92. The molecule has 0 saturated carbocycles. The summed E-state index contributed by atoms with van der Waals surface area (Å²) in [6.07, 6.45) is 6.60. The summed E-state index contributed by atoms with van der Waals surface area (Å²) in [7, 11) is 3.04. The number of fused-ring (bicyclic) bond motifs is 1. The molecule has 4 amide bonds. The van der Waals surface area contributed by atoms with Crippen LogP contribution in [0, 0.1) is 41.9 Å². The number of carbonyl (C=O) groups excluding carboxylic acids is 6. The topological polar surface area (TPSA) is 143 Å². The van der Waals surface area contributed by atoms with Gasteiger partial charge in [-0.05, 0) is 49.4 Å². The molecule has 2 fully saturated rings. The van der Waals surface area contributed by atoms with Gasteiger partial charge < -0.3 is 29.5 Å². The Labute approximate surface area is 299 Å². The van der Waals surface area contributed by atoms with Gasteiger partial charge in [0, 0.05) is 27.1 Å². The van der Waals surface area contributed by atoms with Gasteiger partial charge in [-0.1, -0.05) is 75.2 Å². The molecule has 2 aliphatic rings. The van der Waals surface area contributed by atoms with Crippen LogP contribution in [0.15, 0.2) is 0 Å². The zero-order valence-electron chi connectivity index (χ0n) is 32.2. The lowest BCUT2D eigenvalue weighted by atomic mass is 9.93. The maximum absolute atomic E-state index is 14.2. The molecule has 2 aliphatic heterocycles. The van der Waals surface area contributed by atoms with Gasteiger partial charge in [0.2, 0.25) is 17.7 Å². The standard InChI is InChI=1S/C38H62N4O8/c1-13-16-17-20-28-26(10)33(43)39-29(22(4)5)35(45)41(12)31(25(9)15-3)38(48)50-32(23(6)7)36(46)42-21-18-19-27(42)34(44)40(11)30(24(8)14-2)37(47)49-28/h1,22-32H,14-21H2,2-12H3,(H,39,43)/t24?,25?,26-,27-,28+,29-,30-,31+,32-/m0/s1. The molecule has 0 aromatic heterocycles. The maximum atomic E-state index is 14.2. The highest BCUT2D eigenvalue weighted by Gasteiger charge is 2.46. The number of rotatable bonds is 9. The molecule has 0 spiro atoms. The molecule has 0 bridgehead atoms. The minimum Gasteiger partial charge on any atom is -0.460 e. The number of hydrogen-bond donors (Lipinski definition) is 1. The number of carbonyl (C=O) groups is 6. The third-order valence-electron chi connectivity index (χ3n) is 10.6. The molecule has 2 heterocycles. The van der Waals surface area contributed by atoms with Crippen molar-refractivity contribution in [3.8, 4) is 12.3 Å². The van der Waals surface area contributed by atoms with Crippen LogP contribution in [0.2, 0.25) is 0 Å². The lowest BCUT2D eigenvalue weighted by Gasteiger charge is -2.37. The van der Waals surface area contributed by atoms with Crippen LogP contribution in [-0.4, -0.2) is 107 Å². The van der Waals surface area contributed by atoms with Crippen LogP contribution in [0.4, 0.5) is 0 Å². The zero-order chi connectivity index (χ0) is 38.0. The number of unbranched alkanes of at least 4 members (excludes halogenated alkanes) is 1. The Morgan fingerprint density at radius 2 is 1.36 bits per heavy atom. The lowest BCUT2D eigenvalue weighted by Crippen LogP contribution is -2.58. The highest BCUT2D eigenvalue weighted by atomic mass is 16.6. The summed E-state index contributed by atoms with van der Waals surface area (Å²) >= 11 is 0. The van der Waals surface area contributed by atoms with Gasteiger partial charge in [-0.15, -0.1) is 12.3 Å². The van der Waals surface area contributed by atoms with E-state index < -0.39 is 83.8 Å². The quantitative estimate of drug-likeness (QED) is 0.217. The van der Waals surface area contributed by atoms with Crippen LogP contribution in [0.1, 0.15) is 107 Å². The minimum atomic E-state index is -1.21. The fourth-order valence-electron chi connectivity index (χ4n) is 6.84. The number of nitrogens with one attached hydrogen (secondary N) is 1. The van der Waals surface area contributed by atoms with E-state index in [1.165, 1.54) is 21.7 Å². The first-order valence-corrected chi connectivity index (χ1v) is 18.4. The van der Waals surface area contributed by atoms with Gasteiger partial charge in [0.1, 0.15) is 30.3 Å². The molecule has 12 heteroatoms. The SMILES string of the molecule is C#CCCC[C@H]1OC(=O)[C@H](C(C)CC)N(C)C(=O)[C@@H]2CCCN2C(=O)[C@H](C(C)C)OC(=O)[C@@H](C(C)CC)N(C)C(=O)[C@H](C(C)C)NC(=O)[C@H]1C. The van der Waals surface area contributed by atoms with Crippen LogP contribution >= 0.6 is 0 Å². The average Bonchev–Trinajstić information content (AvgIpc) is 3.57. The summed E-state index contributed by atoms with van der Waals surface area (Å²) < 4.78 is 12.1. The van der Waals surface area contributed by atoms with Gasteiger partial charge in [-0.3, -0.25) is 19.2 Å². The molecule has 0 aliphatic carbocycles. The molecule has 0 aromatic carbocycles. The number of likely N-dealkylation sites (N-methyl/N-ethyl adjacent to an activating group) is 2. The van der Waals surface area contributed by atoms with E-state index in [1.807, 2.05) is 27.7 Å². The Bertz CT molecular complexity index is 1260. The molecule has 1 N–H and O–H groups in total. The maximum Gasteiger partial charge on any atom is 0.329 e. The third-order valence-corrected chi connectivity index (χ3v) is 10.6. The Hall–Kier alpha value is -3.62. The van der Waals surface area contributed by atoms with Crippen molar-refractivity contribution in [3.05, 3.63) is 0 Å². The fourth-order valence-corrected chi connectivity index (χ4v) is 6.84. The fraction of sp³-hybridized carbons (Fsp3) is 0.789. The molecule has 2 saturated heterocycles. The second-order valence-corrected chi connectivity index (χ2v) is 14.9. The van der Waals surface area contributed by atoms with E-state index in [2.05, 4.69) is 11.2 Å². The smallest absolute Gasteiger partial charge is 0.329 e. The van der Waals surface area contributed by atoms with Gasteiger partial charge in [0.05, 0.1) is 5.92 Å². The summed E-state index contributed by atoms with van der Waals surface area (Å²) in [6.45, 7) is 16.5. The molecular formula is C38H62N4O8. The van der Waals surface area contributed by atoms with Gasteiger partial charge in [-0.25, -0.2) is 9.59 Å². The first-order valence-electron chi connectivity index (χ1n) is 18.4. The highest BCUT2D eigenvalue weighted by Crippen LogP contribution is 2.28. The molecule has 2 rings (SSSR count). The predicted octanol–water partition coefficient (Wildman–Crippen LogP) is 3.80. The Morgan fingerprint density at radius 3 is 1.86 bits per heavy atom. The molecule has 2 unspecified atom stereocenters. The molecule has 9 atom stereocenters. The van der Waals surface area contributed by atoms with E-state index in [0.717, 1.165) is 0 Å². The Kier molecular flexibility index (Phi) is 16.3. The van der Waals surface area contributed by atoms with Crippen molar-refractivity contribution in [3.63, 3.8) is 0 Å². The lowest BCUT2D eigenvalue weighted by molar-refractivity contribution is -0.172. The molecule has 0 radical (unpaired) electrons. The first kappa shape index (κ1) is 42.5. The summed E-state index contributed by atoms with van der Waals surface area (Å²) in [5.74, 6) is -3.04. The van der Waals surface area contributed by atoms with Crippen molar-refractivity contribution >= 4 is 35.6 Å². The second kappa shape index (κ2) is 19.1. The zero-order valence-corrected chi connectivity index (χ0v) is 32.2. The van der Waals surface area contributed by atoms with E-state index in [1.54, 1.807) is 41.7 Å². The van der Waals surface area contributed by atoms with Crippen molar-refractivity contribution in [2.45, 2.75) is 144 Å². The van der Waals surface area contributed by atoms with Crippen LogP contribution < -0.4 is 5.32 Å². The van der Waals surface area contributed by atoms with Gasteiger partial charge in [-0.2, -0.15) is 0 Å². The number of amides is 4. The number of esters is 2. The number of ether oxygens (including phenoxy) is 2. The van der Waals surface area contributed by atoms with Crippen molar-refractivity contribution in [2.75, 3.05) is 20.6 Å². The normalized spacial score (nSPS) is 29.4. The number of nitrogens with zero attached hydrogens (tertiary/aromatic N) is 3.